The summed E-state index contributed by atoms with van der Waals surface area (Å²) >= 11 is 9.43. The van der Waals surface area contributed by atoms with E-state index < -0.39 is 11.9 Å². The zero-order valence-corrected chi connectivity index (χ0v) is 18.8. The Hall–Kier alpha value is -3.16. The zero-order chi connectivity index (χ0) is 22.2. The van der Waals surface area contributed by atoms with E-state index >= 15 is 0 Å². The fourth-order valence-electron chi connectivity index (χ4n) is 2.56. The molecular formula is C23H18BrClN2O4. The Morgan fingerprint density at radius 3 is 2.58 bits per heavy atom. The average molecular weight is 502 g/mol. The number of nitrogens with zero attached hydrogens (tertiary/aromatic N) is 1. The molecular weight excluding hydrogens is 484 g/mol. The van der Waals surface area contributed by atoms with Crippen LogP contribution in [0, 0.1) is 6.92 Å². The molecule has 3 aromatic rings. The van der Waals surface area contributed by atoms with E-state index in [1.54, 1.807) is 48.5 Å². The number of rotatable bonds is 7. The maximum Gasteiger partial charge on any atom is 0.345 e. The highest BCUT2D eigenvalue weighted by atomic mass is 79.9. The summed E-state index contributed by atoms with van der Waals surface area (Å²) in [6.07, 6.45) is 1.38. The average Bonchev–Trinajstić information content (AvgIpc) is 2.75. The Kier molecular flexibility index (Phi) is 7.81. The van der Waals surface area contributed by atoms with E-state index in [9.17, 15) is 9.59 Å². The molecule has 0 spiro atoms. The predicted molar refractivity (Wildman–Crippen MR) is 123 cm³/mol. The van der Waals surface area contributed by atoms with Crippen molar-refractivity contribution in [3.8, 4) is 11.5 Å². The first kappa shape index (κ1) is 22.5. The number of nitrogens with one attached hydrogen (secondary N) is 1. The molecule has 0 bridgehead atoms. The van der Waals surface area contributed by atoms with Crippen LogP contribution in [0.4, 0.5) is 0 Å². The molecule has 0 aliphatic rings. The van der Waals surface area contributed by atoms with Gasteiger partial charge in [-0.15, -0.1) is 0 Å². The Labute approximate surface area is 193 Å². The number of halogens is 2. The quantitative estimate of drug-likeness (QED) is 0.210. The minimum absolute atomic E-state index is 0.185. The van der Waals surface area contributed by atoms with Gasteiger partial charge in [-0.05, 0) is 48.9 Å². The standard InChI is InChI=1S/C23H18BrClN2O4/c1-15-6-2-5-9-20(15)30-14-22(28)27-26-13-16-12-17(24)10-11-21(16)31-23(29)18-7-3-4-8-19(18)25/h2-13H,14H2,1H3,(H,27,28)/b26-13-. The molecule has 1 N–H and O–H groups in total. The van der Waals surface area contributed by atoms with Gasteiger partial charge in [-0.3, -0.25) is 4.79 Å². The second-order valence-electron chi connectivity index (χ2n) is 6.40. The predicted octanol–water partition coefficient (Wildman–Crippen LogP) is 5.16. The smallest absolute Gasteiger partial charge is 0.345 e. The van der Waals surface area contributed by atoms with Crippen LogP contribution >= 0.6 is 27.5 Å². The fourth-order valence-corrected chi connectivity index (χ4v) is 3.15. The number of hydrogen-bond acceptors (Lipinski definition) is 5. The summed E-state index contributed by atoms with van der Waals surface area (Å²) in [6.45, 7) is 1.71. The molecule has 1 amide bonds. The van der Waals surface area contributed by atoms with Crippen LogP contribution in [0.25, 0.3) is 0 Å². The first-order valence-electron chi connectivity index (χ1n) is 9.20. The lowest BCUT2D eigenvalue weighted by atomic mass is 10.2. The van der Waals surface area contributed by atoms with Crippen molar-refractivity contribution in [2.45, 2.75) is 6.92 Å². The van der Waals surface area contributed by atoms with Crippen molar-refractivity contribution >= 4 is 45.6 Å². The fraction of sp³-hybridized carbons (Fsp3) is 0.0870. The Bertz CT molecular complexity index is 1130. The maximum absolute atomic E-state index is 12.5. The third-order valence-electron chi connectivity index (χ3n) is 4.11. The van der Waals surface area contributed by atoms with Crippen LogP contribution in [0.1, 0.15) is 21.5 Å². The van der Waals surface area contributed by atoms with Gasteiger partial charge in [0.05, 0.1) is 16.8 Å². The van der Waals surface area contributed by atoms with Crippen molar-refractivity contribution in [3.05, 3.63) is 92.9 Å². The molecule has 0 unspecified atom stereocenters. The largest absolute Gasteiger partial charge is 0.483 e. The van der Waals surface area contributed by atoms with E-state index in [1.807, 2.05) is 25.1 Å². The van der Waals surface area contributed by atoms with E-state index in [4.69, 9.17) is 21.1 Å². The highest BCUT2D eigenvalue weighted by molar-refractivity contribution is 9.10. The van der Waals surface area contributed by atoms with Crippen LogP contribution in [-0.2, 0) is 4.79 Å². The maximum atomic E-state index is 12.5. The minimum atomic E-state index is -0.599. The number of benzene rings is 3. The monoisotopic (exact) mass is 500 g/mol. The molecule has 0 saturated heterocycles. The van der Waals surface area contributed by atoms with Crippen molar-refractivity contribution < 1.29 is 19.1 Å². The number of hydrazone groups is 1. The normalized spacial score (nSPS) is 10.7. The first-order chi connectivity index (χ1) is 14.9. The van der Waals surface area contributed by atoms with Crippen LogP contribution in [0.15, 0.2) is 76.3 Å². The molecule has 8 heteroatoms. The van der Waals surface area contributed by atoms with Gasteiger partial charge in [0.25, 0.3) is 5.91 Å². The molecule has 0 aliphatic carbocycles. The van der Waals surface area contributed by atoms with Gasteiger partial charge in [0.15, 0.2) is 6.61 Å². The van der Waals surface area contributed by atoms with E-state index in [0.717, 1.165) is 10.0 Å². The molecule has 0 atom stereocenters. The van der Waals surface area contributed by atoms with Gasteiger partial charge in [-0.2, -0.15) is 5.10 Å². The molecule has 31 heavy (non-hydrogen) atoms. The Morgan fingerprint density at radius 1 is 1.06 bits per heavy atom. The molecule has 3 rings (SSSR count). The zero-order valence-electron chi connectivity index (χ0n) is 16.5. The van der Waals surface area contributed by atoms with Gasteiger partial charge in [-0.1, -0.05) is 57.9 Å². The number of carbonyl (C=O) groups excluding carboxylic acids is 2. The molecule has 0 saturated carbocycles. The molecule has 158 valence electrons. The van der Waals surface area contributed by atoms with Crippen LogP contribution in [-0.4, -0.2) is 24.7 Å². The number of carbonyl (C=O) groups is 2. The summed E-state index contributed by atoms with van der Waals surface area (Å²) in [5.74, 6) is -0.132. The van der Waals surface area contributed by atoms with Gasteiger partial charge < -0.3 is 9.47 Å². The summed E-state index contributed by atoms with van der Waals surface area (Å²) in [5.41, 5.74) is 4.05. The Balaban J connectivity index is 1.64. The van der Waals surface area contributed by atoms with Crippen molar-refractivity contribution in [3.63, 3.8) is 0 Å². The van der Waals surface area contributed by atoms with Crippen molar-refractivity contribution in [1.82, 2.24) is 5.43 Å². The topological polar surface area (TPSA) is 77.0 Å². The molecule has 0 heterocycles. The summed E-state index contributed by atoms with van der Waals surface area (Å²) in [6, 6.07) is 19.0. The van der Waals surface area contributed by atoms with Crippen molar-refractivity contribution in [2.24, 2.45) is 5.10 Å². The number of para-hydroxylation sites is 1. The van der Waals surface area contributed by atoms with E-state index in [-0.39, 0.29) is 17.9 Å². The summed E-state index contributed by atoms with van der Waals surface area (Å²) < 4.78 is 11.7. The molecule has 0 aromatic heterocycles. The van der Waals surface area contributed by atoms with Crippen molar-refractivity contribution in [1.29, 1.82) is 0 Å². The number of esters is 1. The summed E-state index contributed by atoms with van der Waals surface area (Å²) in [5, 5.41) is 4.23. The van der Waals surface area contributed by atoms with Gasteiger partial charge in [0.2, 0.25) is 0 Å². The Morgan fingerprint density at radius 2 is 1.81 bits per heavy atom. The van der Waals surface area contributed by atoms with Crippen LogP contribution in [0.2, 0.25) is 5.02 Å². The van der Waals surface area contributed by atoms with Gasteiger partial charge in [-0.25, -0.2) is 10.2 Å². The lowest BCUT2D eigenvalue weighted by Crippen LogP contribution is -2.24. The third-order valence-corrected chi connectivity index (χ3v) is 4.94. The molecule has 6 nitrogen and oxygen atoms in total. The summed E-state index contributed by atoms with van der Waals surface area (Å²) in [7, 11) is 0. The summed E-state index contributed by atoms with van der Waals surface area (Å²) in [4.78, 5) is 24.5. The molecule has 0 aliphatic heterocycles. The highest BCUT2D eigenvalue weighted by Gasteiger charge is 2.14. The SMILES string of the molecule is Cc1ccccc1OCC(=O)N/N=C\c1cc(Br)ccc1OC(=O)c1ccccc1Cl. The van der Waals surface area contributed by atoms with Crippen LogP contribution in [0.3, 0.4) is 0 Å². The van der Waals surface area contributed by atoms with Gasteiger partial charge >= 0.3 is 5.97 Å². The number of ether oxygens (including phenoxy) is 2. The number of hydrogen-bond donors (Lipinski definition) is 1. The molecule has 0 fully saturated rings. The third kappa shape index (κ3) is 6.41. The van der Waals surface area contributed by atoms with Crippen molar-refractivity contribution in [2.75, 3.05) is 6.61 Å². The van der Waals surface area contributed by atoms with Crippen LogP contribution < -0.4 is 14.9 Å². The minimum Gasteiger partial charge on any atom is -0.483 e. The lowest BCUT2D eigenvalue weighted by molar-refractivity contribution is -0.123. The first-order valence-corrected chi connectivity index (χ1v) is 10.4. The highest BCUT2D eigenvalue weighted by Crippen LogP contribution is 2.24. The number of amides is 1. The lowest BCUT2D eigenvalue weighted by Gasteiger charge is -2.09. The molecule has 3 aromatic carbocycles. The van der Waals surface area contributed by atoms with Gasteiger partial charge in [0, 0.05) is 10.0 Å². The number of aryl methyl sites for hydroxylation is 1. The second kappa shape index (κ2) is 10.7. The van der Waals surface area contributed by atoms with E-state index in [2.05, 4.69) is 26.5 Å². The van der Waals surface area contributed by atoms with E-state index in [0.29, 0.717) is 16.3 Å². The van der Waals surface area contributed by atoms with Crippen LogP contribution in [0.5, 0.6) is 11.5 Å². The second-order valence-corrected chi connectivity index (χ2v) is 7.72. The van der Waals surface area contributed by atoms with E-state index in [1.165, 1.54) is 6.21 Å². The van der Waals surface area contributed by atoms with Gasteiger partial charge in [0.1, 0.15) is 11.5 Å². The molecule has 0 radical (unpaired) electrons.